The van der Waals surface area contributed by atoms with Crippen LogP contribution in [0.4, 0.5) is 43.9 Å². The zero-order chi connectivity index (χ0) is 21.2. The van der Waals surface area contributed by atoms with E-state index in [9.17, 15) is 43.9 Å². The van der Waals surface area contributed by atoms with Crippen molar-refractivity contribution < 1.29 is 78.1 Å². The van der Waals surface area contributed by atoms with E-state index in [1.807, 2.05) is 0 Å². The first kappa shape index (κ1) is 25.2. The normalized spacial score (nSPS) is 13.8. The molecule has 0 atom stereocenters. The van der Waals surface area contributed by atoms with Crippen molar-refractivity contribution in [2.24, 2.45) is 0 Å². The second-order valence-electron chi connectivity index (χ2n) is 4.31. The van der Waals surface area contributed by atoms with Crippen LogP contribution in [0.5, 0.6) is 0 Å². The van der Waals surface area contributed by atoms with Gasteiger partial charge in [0.2, 0.25) is 0 Å². The third kappa shape index (κ3) is 6.40. The van der Waals surface area contributed by atoms with Crippen molar-refractivity contribution in [3.05, 3.63) is 33.4 Å². The summed E-state index contributed by atoms with van der Waals surface area (Å²) in [6.07, 6.45) is -6.25. The largest absolute Gasteiger partial charge is 0.741 e. The predicted molar refractivity (Wildman–Crippen MR) is 61.6 cm³/mol. The lowest BCUT2D eigenvalue weighted by Gasteiger charge is -2.20. The average molecular weight is 536 g/mol. The molecule has 0 fully saturated rings. The Hall–Kier alpha value is -0.840. The van der Waals surface area contributed by atoms with Crippen molar-refractivity contribution in [2.45, 2.75) is 28.5 Å². The second kappa shape index (κ2) is 8.04. The Morgan fingerprint density at radius 2 is 1.27 bits per heavy atom. The highest BCUT2D eigenvalue weighted by Crippen LogP contribution is 2.42. The third-order valence-corrected chi connectivity index (χ3v) is 6.01. The van der Waals surface area contributed by atoms with Crippen LogP contribution < -0.4 is 21.2 Å². The van der Waals surface area contributed by atoms with Gasteiger partial charge < -0.3 is 4.55 Å². The SMILES string of the molecule is Cc1ccccc1[I+]C(F)(F)C(F)(F)C(F)(F)F.O=S(=O)([O-])C(F)(F)F. The van der Waals surface area contributed by atoms with Gasteiger partial charge in [0, 0.05) is 5.56 Å². The number of hydrogen-bond acceptors (Lipinski definition) is 3. The fourth-order valence-corrected chi connectivity index (χ4v) is 3.37. The van der Waals surface area contributed by atoms with Crippen LogP contribution in [-0.4, -0.2) is 34.5 Å². The third-order valence-electron chi connectivity index (χ3n) is 2.29. The number of rotatable bonds is 3. The molecule has 0 aliphatic rings. The number of hydrogen-bond donors (Lipinski definition) is 0. The lowest BCUT2D eigenvalue weighted by Crippen LogP contribution is -3.68. The Balaban J connectivity index is 0.000000660. The Bertz CT molecular complexity index is 712. The molecule has 152 valence electrons. The molecule has 0 heterocycles. The number of aryl methyl sites for hydroxylation is 1. The van der Waals surface area contributed by atoms with E-state index in [0.717, 1.165) is 6.07 Å². The summed E-state index contributed by atoms with van der Waals surface area (Å²) in [5.74, 6) is -6.00. The predicted octanol–water partition coefficient (Wildman–Crippen LogP) is 1.10. The molecule has 26 heavy (non-hydrogen) atoms. The number of alkyl halides is 11. The molecule has 1 aromatic carbocycles. The van der Waals surface area contributed by atoms with Gasteiger partial charge in [0.25, 0.3) is 0 Å². The first-order chi connectivity index (χ1) is 11.2. The molecule has 0 amide bonds. The summed E-state index contributed by atoms with van der Waals surface area (Å²) in [6, 6.07) is 5.34. The summed E-state index contributed by atoms with van der Waals surface area (Å²) in [7, 11) is -6.09. The maximum Gasteiger partial charge on any atom is 0.520 e. The van der Waals surface area contributed by atoms with E-state index in [2.05, 4.69) is 0 Å². The van der Waals surface area contributed by atoms with Gasteiger partial charge in [0.05, 0.1) is 0 Å². The van der Waals surface area contributed by atoms with Gasteiger partial charge in [0.1, 0.15) is 0 Å². The van der Waals surface area contributed by atoms with Crippen LogP contribution in [0, 0.1) is 10.5 Å². The summed E-state index contributed by atoms with van der Waals surface area (Å²) in [4.78, 5) is 0. The van der Waals surface area contributed by atoms with Gasteiger partial charge in [-0.05, 0) is 13.0 Å². The monoisotopic (exact) mass is 536 g/mol. The van der Waals surface area contributed by atoms with Crippen LogP contribution in [0.2, 0.25) is 0 Å². The van der Waals surface area contributed by atoms with Crippen LogP contribution in [0.1, 0.15) is 5.56 Å². The first-order valence-corrected chi connectivity index (χ1v) is 9.37. The van der Waals surface area contributed by atoms with Crippen molar-refractivity contribution in [1.82, 2.24) is 0 Å². The number of benzene rings is 1. The summed E-state index contributed by atoms with van der Waals surface area (Å²) in [5, 5.41) is 0. The molecular weight excluding hydrogens is 529 g/mol. The Labute approximate surface area is 150 Å². The zero-order valence-electron chi connectivity index (χ0n) is 12.1. The van der Waals surface area contributed by atoms with Gasteiger partial charge in [-0.25, -0.2) is 8.42 Å². The molecule has 1 aromatic rings. The summed E-state index contributed by atoms with van der Waals surface area (Å²) < 4.78 is 141. The van der Waals surface area contributed by atoms with Gasteiger partial charge in [-0.2, -0.15) is 35.1 Å². The molecule has 3 nitrogen and oxygen atoms in total. The second-order valence-corrected chi connectivity index (χ2v) is 8.74. The molecule has 0 spiro atoms. The quantitative estimate of drug-likeness (QED) is 0.191. The highest BCUT2D eigenvalue weighted by molar-refractivity contribution is 7.86. The molecule has 1 rings (SSSR count). The topological polar surface area (TPSA) is 57.2 Å². The van der Waals surface area contributed by atoms with E-state index >= 15 is 0 Å². The molecule has 0 N–H and O–H groups in total. The maximum absolute atomic E-state index is 13.1. The highest BCUT2D eigenvalue weighted by Gasteiger charge is 2.81. The summed E-state index contributed by atoms with van der Waals surface area (Å²) >= 11 is -2.80. The van der Waals surface area contributed by atoms with E-state index in [1.54, 1.807) is 0 Å². The van der Waals surface area contributed by atoms with E-state index in [4.69, 9.17) is 13.0 Å². The average Bonchev–Trinajstić information content (AvgIpc) is 2.38. The van der Waals surface area contributed by atoms with Crippen LogP contribution in [-0.2, 0) is 10.1 Å². The molecule has 0 aromatic heterocycles. The van der Waals surface area contributed by atoms with Gasteiger partial charge in [0.15, 0.2) is 13.7 Å². The Morgan fingerprint density at radius 3 is 1.58 bits per heavy atom. The van der Waals surface area contributed by atoms with Gasteiger partial charge in [-0.15, -0.1) is 8.78 Å². The lowest BCUT2D eigenvalue weighted by molar-refractivity contribution is -0.791. The van der Waals surface area contributed by atoms with E-state index < -0.39 is 52.9 Å². The molecule has 0 unspecified atom stereocenters. The van der Waals surface area contributed by atoms with Crippen LogP contribution in [0.25, 0.3) is 0 Å². The van der Waals surface area contributed by atoms with Crippen molar-refractivity contribution >= 4 is 10.1 Å². The molecule has 15 heteroatoms. The standard InChI is InChI=1S/C10H7F7I.CHF3O3S/c1-6-4-2-3-5-7(6)18-10(16,17)8(11,12)9(13,14)15;2-1(3,4)8(5,6)7/h2-5H,1H3;(H,5,6,7)/q+1;/p-1. The molecule has 0 saturated heterocycles. The maximum atomic E-state index is 13.1. The van der Waals surface area contributed by atoms with Crippen molar-refractivity contribution in [3.63, 3.8) is 0 Å². The molecule has 0 aliphatic carbocycles. The van der Waals surface area contributed by atoms with Gasteiger partial charge >= 0.3 is 42.7 Å². The van der Waals surface area contributed by atoms with Crippen molar-refractivity contribution in [3.8, 4) is 0 Å². The smallest absolute Gasteiger partial charge is 0.520 e. The molecule has 0 bridgehead atoms. The fraction of sp³-hybridized carbons (Fsp3) is 0.455. The van der Waals surface area contributed by atoms with E-state index in [-0.39, 0.29) is 9.13 Å². The molecular formula is C11H7F10IO3S. The van der Waals surface area contributed by atoms with Crippen molar-refractivity contribution in [2.75, 3.05) is 0 Å². The van der Waals surface area contributed by atoms with Gasteiger partial charge in [-0.3, -0.25) is 0 Å². The minimum atomic E-state index is -6.25. The molecule has 0 saturated carbocycles. The Morgan fingerprint density at radius 1 is 0.885 bits per heavy atom. The van der Waals surface area contributed by atoms with Crippen molar-refractivity contribution in [1.29, 1.82) is 0 Å². The van der Waals surface area contributed by atoms with E-state index in [1.165, 1.54) is 25.1 Å². The Kier molecular flexibility index (Phi) is 7.78. The van der Waals surface area contributed by atoms with Crippen LogP contribution in [0.3, 0.4) is 0 Å². The lowest BCUT2D eigenvalue weighted by atomic mass is 10.2. The minimum Gasteiger partial charge on any atom is -0.741 e. The van der Waals surface area contributed by atoms with E-state index in [0.29, 0.717) is 0 Å². The molecule has 0 aliphatic heterocycles. The highest BCUT2D eigenvalue weighted by atomic mass is 127. The van der Waals surface area contributed by atoms with Crippen LogP contribution in [0.15, 0.2) is 24.3 Å². The fourth-order valence-electron chi connectivity index (χ4n) is 1.00. The summed E-state index contributed by atoms with van der Waals surface area (Å²) in [6.45, 7) is 1.39. The first-order valence-electron chi connectivity index (χ1n) is 5.80. The van der Waals surface area contributed by atoms with Gasteiger partial charge in [-0.1, -0.05) is 18.2 Å². The summed E-state index contributed by atoms with van der Waals surface area (Å²) in [5.41, 5.74) is -5.37. The number of halogens is 11. The molecule has 0 radical (unpaired) electrons. The zero-order valence-corrected chi connectivity index (χ0v) is 15.1. The minimum absolute atomic E-state index is 0.134. The van der Waals surface area contributed by atoms with Crippen LogP contribution >= 0.6 is 0 Å².